The highest BCUT2D eigenvalue weighted by Gasteiger charge is 2.25. The van der Waals surface area contributed by atoms with Gasteiger partial charge < -0.3 is 10.2 Å². The first kappa shape index (κ1) is 16.4. The average molecular weight is 292 g/mol. The van der Waals surface area contributed by atoms with Crippen molar-refractivity contribution in [3.05, 3.63) is 35.6 Å². The number of hydrogen-bond acceptors (Lipinski definition) is 2. The van der Waals surface area contributed by atoms with E-state index in [0.717, 1.165) is 24.4 Å². The van der Waals surface area contributed by atoms with Crippen molar-refractivity contribution in [3.8, 4) is 0 Å². The Bertz CT molecular complexity index is 435. The summed E-state index contributed by atoms with van der Waals surface area (Å²) in [5, 5.41) is 3.32. The molecule has 3 atom stereocenters. The van der Waals surface area contributed by atoms with E-state index >= 15 is 0 Å². The zero-order chi connectivity index (χ0) is 15.2. The molecule has 1 aromatic carbocycles. The van der Waals surface area contributed by atoms with Crippen LogP contribution >= 0.6 is 0 Å². The second-order valence-corrected chi connectivity index (χ2v) is 6.49. The summed E-state index contributed by atoms with van der Waals surface area (Å²) in [7, 11) is 4.20. The minimum atomic E-state index is -0.151. The smallest absolute Gasteiger partial charge is 0.123 e. The van der Waals surface area contributed by atoms with E-state index in [4.69, 9.17) is 0 Å². The molecule has 118 valence electrons. The molecular formula is C18H29FN2. The lowest BCUT2D eigenvalue weighted by atomic mass is 9.85. The number of nitrogens with zero attached hydrogens (tertiary/aromatic N) is 1. The predicted octanol–water partition coefficient (Wildman–Crippen LogP) is 3.99. The van der Waals surface area contributed by atoms with Gasteiger partial charge in [0.05, 0.1) is 0 Å². The van der Waals surface area contributed by atoms with Crippen molar-refractivity contribution in [2.24, 2.45) is 5.92 Å². The van der Waals surface area contributed by atoms with E-state index < -0.39 is 0 Å². The molecule has 1 N–H and O–H groups in total. The minimum Gasteiger partial charge on any atom is -0.313 e. The first-order valence-electron chi connectivity index (χ1n) is 8.24. The third-order valence-electron chi connectivity index (χ3n) is 5.00. The van der Waals surface area contributed by atoms with Gasteiger partial charge in [-0.25, -0.2) is 4.39 Å². The summed E-state index contributed by atoms with van der Waals surface area (Å²) < 4.78 is 13.4. The molecular weight excluding hydrogens is 263 g/mol. The second kappa shape index (κ2) is 7.90. The molecule has 0 bridgehead atoms. The van der Waals surface area contributed by atoms with Gasteiger partial charge in [0, 0.05) is 12.1 Å². The molecule has 0 saturated heterocycles. The van der Waals surface area contributed by atoms with Crippen molar-refractivity contribution in [2.45, 2.75) is 51.1 Å². The standard InChI is InChI=1S/C18H29FN2/c1-14-7-4-5-10-18(14)21(3)12-11-17(20-2)15-8-6-9-16(19)13-15/h6,8-9,13-14,17-18,20H,4-5,7,10-12H2,1-3H3. The lowest BCUT2D eigenvalue weighted by Gasteiger charge is -2.37. The molecule has 3 unspecified atom stereocenters. The van der Waals surface area contributed by atoms with E-state index in [1.165, 1.54) is 31.7 Å². The van der Waals surface area contributed by atoms with E-state index in [1.54, 1.807) is 12.1 Å². The van der Waals surface area contributed by atoms with Crippen LogP contribution in [-0.2, 0) is 0 Å². The summed E-state index contributed by atoms with van der Waals surface area (Å²) in [5.41, 5.74) is 1.04. The molecule has 0 radical (unpaired) electrons. The van der Waals surface area contributed by atoms with Gasteiger partial charge in [-0.1, -0.05) is 31.9 Å². The fraction of sp³-hybridized carbons (Fsp3) is 0.667. The molecule has 1 aliphatic carbocycles. The van der Waals surface area contributed by atoms with Gasteiger partial charge in [0.15, 0.2) is 0 Å². The molecule has 1 saturated carbocycles. The number of nitrogens with one attached hydrogen (secondary N) is 1. The first-order valence-corrected chi connectivity index (χ1v) is 8.24. The molecule has 1 aliphatic rings. The van der Waals surface area contributed by atoms with E-state index in [1.807, 2.05) is 13.1 Å². The highest BCUT2D eigenvalue weighted by atomic mass is 19.1. The predicted molar refractivity (Wildman–Crippen MR) is 86.9 cm³/mol. The third kappa shape index (κ3) is 4.52. The normalized spacial score (nSPS) is 24.2. The monoisotopic (exact) mass is 292 g/mol. The van der Waals surface area contributed by atoms with Crippen LogP contribution < -0.4 is 5.32 Å². The van der Waals surface area contributed by atoms with E-state index in [2.05, 4.69) is 24.2 Å². The summed E-state index contributed by atoms with van der Waals surface area (Å²) in [6, 6.07) is 7.89. The Hall–Kier alpha value is -0.930. The summed E-state index contributed by atoms with van der Waals surface area (Å²) in [5.74, 6) is 0.646. The number of hydrogen-bond donors (Lipinski definition) is 1. The van der Waals surface area contributed by atoms with Crippen LogP contribution in [0.3, 0.4) is 0 Å². The van der Waals surface area contributed by atoms with E-state index in [0.29, 0.717) is 6.04 Å². The summed E-state index contributed by atoms with van der Waals surface area (Å²) >= 11 is 0. The van der Waals surface area contributed by atoms with Crippen molar-refractivity contribution in [1.29, 1.82) is 0 Å². The van der Waals surface area contributed by atoms with Gasteiger partial charge in [-0.15, -0.1) is 0 Å². The lowest BCUT2D eigenvalue weighted by Crippen LogP contribution is -2.40. The zero-order valence-electron chi connectivity index (χ0n) is 13.6. The van der Waals surface area contributed by atoms with Gasteiger partial charge >= 0.3 is 0 Å². The zero-order valence-corrected chi connectivity index (χ0v) is 13.6. The molecule has 1 fully saturated rings. The van der Waals surface area contributed by atoms with Crippen molar-refractivity contribution in [2.75, 3.05) is 20.6 Å². The van der Waals surface area contributed by atoms with Crippen molar-refractivity contribution >= 4 is 0 Å². The van der Waals surface area contributed by atoms with Crippen LogP contribution in [0.5, 0.6) is 0 Å². The van der Waals surface area contributed by atoms with Crippen LogP contribution in [0.15, 0.2) is 24.3 Å². The van der Waals surface area contributed by atoms with Gasteiger partial charge in [-0.2, -0.15) is 0 Å². The average Bonchev–Trinajstić information content (AvgIpc) is 2.48. The molecule has 0 aliphatic heterocycles. The maximum absolute atomic E-state index is 13.4. The highest BCUT2D eigenvalue weighted by Crippen LogP contribution is 2.28. The van der Waals surface area contributed by atoms with Gasteiger partial charge in [-0.3, -0.25) is 0 Å². The Morgan fingerprint density at radius 2 is 2.10 bits per heavy atom. The molecule has 1 aromatic rings. The third-order valence-corrected chi connectivity index (χ3v) is 5.00. The van der Waals surface area contributed by atoms with Gasteiger partial charge in [0.2, 0.25) is 0 Å². The Labute approximate surface area is 128 Å². The fourth-order valence-corrected chi connectivity index (χ4v) is 3.65. The first-order chi connectivity index (χ1) is 10.1. The van der Waals surface area contributed by atoms with Gasteiger partial charge in [-0.05, 0) is 63.5 Å². The highest BCUT2D eigenvalue weighted by molar-refractivity contribution is 5.20. The Kier molecular flexibility index (Phi) is 6.19. The molecule has 0 aromatic heterocycles. The van der Waals surface area contributed by atoms with Crippen molar-refractivity contribution in [1.82, 2.24) is 10.2 Å². The second-order valence-electron chi connectivity index (χ2n) is 6.49. The fourth-order valence-electron chi connectivity index (χ4n) is 3.65. The van der Waals surface area contributed by atoms with Crippen LogP contribution in [0.25, 0.3) is 0 Å². The maximum Gasteiger partial charge on any atom is 0.123 e. The van der Waals surface area contributed by atoms with Gasteiger partial charge in [0.1, 0.15) is 5.82 Å². The number of halogens is 1. The Morgan fingerprint density at radius 3 is 2.76 bits per heavy atom. The quantitative estimate of drug-likeness (QED) is 0.853. The molecule has 0 spiro atoms. The van der Waals surface area contributed by atoms with Crippen LogP contribution in [0.2, 0.25) is 0 Å². The van der Waals surface area contributed by atoms with Crippen LogP contribution in [0, 0.1) is 11.7 Å². The Balaban J connectivity index is 1.90. The topological polar surface area (TPSA) is 15.3 Å². The minimum absolute atomic E-state index is 0.151. The number of benzene rings is 1. The largest absolute Gasteiger partial charge is 0.313 e. The summed E-state index contributed by atoms with van der Waals surface area (Å²) in [6.45, 7) is 3.43. The lowest BCUT2D eigenvalue weighted by molar-refractivity contribution is 0.135. The van der Waals surface area contributed by atoms with E-state index in [-0.39, 0.29) is 11.9 Å². The maximum atomic E-state index is 13.4. The van der Waals surface area contributed by atoms with Crippen LogP contribution in [0.4, 0.5) is 4.39 Å². The van der Waals surface area contributed by atoms with Crippen molar-refractivity contribution in [3.63, 3.8) is 0 Å². The molecule has 21 heavy (non-hydrogen) atoms. The van der Waals surface area contributed by atoms with Crippen molar-refractivity contribution < 1.29 is 4.39 Å². The van der Waals surface area contributed by atoms with E-state index in [9.17, 15) is 4.39 Å². The van der Waals surface area contributed by atoms with Crippen LogP contribution in [-0.4, -0.2) is 31.6 Å². The molecule has 0 amide bonds. The molecule has 2 rings (SSSR count). The summed E-state index contributed by atoms with van der Waals surface area (Å²) in [6.07, 6.45) is 6.43. The molecule has 2 nitrogen and oxygen atoms in total. The summed E-state index contributed by atoms with van der Waals surface area (Å²) in [4.78, 5) is 2.51. The molecule has 3 heteroatoms. The van der Waals surface area contributed by atoms with Crippen LogP contribution in [0.1, 0.15) is 50.6 Å². The molecule has 0 heterocycles. The van der Waals surface area contributed by atoms with Gasteiger partial charge in [0.25, 0.3) is 0 Å². The Morgan fingerprint density at radius 1 is 1.33 bits per heavy atom. The SMILES string of the molecule is CNC(CCN(C)C1CCCCC1C)c1cccc(F)c1. The number of rotatable bonds is 6.